The monoisotopic (exact) mass is 769 g/mol. The molecular weight excluding hydrogens is 735 g/mol. The van der Waals surface area contributed by atoms with Crippen molar-refractivity contribution >= 4 is 92.1 Å². The average Bonchev–Trinajstić information content (AvgIpc) is 3.89. The van der Waals surface area contributed by atoms with E-state index in [2.05, 4.69) is 217 Å². The van der Waals surface area contributed by atoms with Gasteiger partial charge in [-0.15, -0.1) is 11.3 Å². The summed E-state index contributed by atoms with van der Waals surface area (Å²) in [5.74, 6) is 0. The number of hydrogen-bond acceptors (Lipinski definition) is 3. The van der Waals surface area contributed by atoms with Crippen LogP contribution in [0.4, 0.5) is 17.1 Å². The third-order valence-electron chi connectivity index (χ3n) is 11.9. The molecule has 59 heavy (non-hydrogen) atoms. The molecule has 0 aliphatic heterocycles. The molecule has 0 radical (unpaired) electrons. The lowest BCUT2D eigenvalue weighted by molar-refractivity contribution is 0.669. The number of fused-ring (bicyclic) bond motifs is 9. The maximum atomic E-state index is 6.71. The molecule has 12 aromatic rings. The summed E-state index contributed by atoms with van der Waals surface area (Å²) in [6.07, 6.45) is 0. The maximum Gasteiger partial charge on any atom is 0.137 e. The molecule has 0 saturated carbocycles. The number of benzene rings is 10. The normalized spacial score (nSPS) is 11.7. The Hall–Kier alpha value is -7.46. The molecule has 10 aromatic carbocycles. The standard InChI is InChI=1S/C56H35NOS/c1-3-12-36(13-4-1)41-27-31-47-52(35-41)58-51-20-11-19-49(54(47)51)57(50-33-32-46(38-14-5-2-6-15-38)56-55(50)48-18-9-10-21-53(48)59-56)43-28-24-37(25-29-43)40-26-30-45-42(34-40)23-22-39-16-7-8-17-44(39)45/h1-35H. The van der Waals surface area contributed by atoms with Gasteiger partial charge in [-0.1, -0.05) is 158 Å². The number of nitrogens with zero attached hydrogens (tertiary/aromatic N) is 1. The number of rotatable bonds is 6. The fourth-order valence-electron chi connectivity index (χ4n) is 9.05. The van der Waals surface area contributed by atoms with E-state index in [4.69, 9.17) is 4.42 Å². The fraction of sp³-hybridized carbons (Fsp3) is 0. The van der Waals surface area contributed by atoms with Gasteiger partial charge in [0.2, 0.25) is 0 Å². The summed E-state index contributed by atoms with van der Waals surface area (Å²) in [5.41, 5.74) is 12.1. The minimum Gasteiger partial charge on any atom is -0.456 e. The van der Waals surface area contributed by atoms with Crippen LogP contribution in [0.3, 0.4) is 0 Å². The van der Waals surface area contributed by atoms with Gasteiger partial charge in [-0.3, -0.25) is 0 Å². The third kappa shape index (κ3) is 5.55. The lowest BCUT2D eigenvalue weighted by atomic mass is 9.97. The number of anilines is 3. The van der Waals surface area contributed by atoms with Gasteiger partial charge in [0.25, 0.3) is 0 Å². The Morgan fingerprint density at radius 2 is 0.983 bits per heavy atom. The van der Waals surface area contributed by atoms with Crippen LogP contribution in [-0.4, -0.2) is 0 Å². The van der Waals surface area contributed by atoms with E-state index in [1.807, 2.05) is 11.3 Å². The second-order valence-electron chi connectivity index (χ2n) is 15.2. The molecule has 12 rings (SSSR count). The summed E-state index contributed by atoms with van der Waals surface area (Å²) in [5, 5.41) is 9.74. The van der Waals surface area contributed by atoms with Crippen LogP contribution in [0.5, 0.6) is 0 Å². The van der Waals surface area contributed by atoms with Crippen LogP contribution in [0, 0.1) is 0 Å². The summed E-state index contributed by atoms with van der Waals surface area (Å²) in [4.78, 5) is 2.45. The van der Waals surface area contributed by atoms with Crippen LogP contribution >= 0.6 is 11.3 Å². The topological polar surface area (TPSA) is 16.4 Å². The molecule has 0 bridgehead atoms. The summed E-state index contributed by atoms with van der Waals surface area (Å²) >= 11 is 1.87. The quantitative estimate of drug-likeness (QED) is 0.157. The smallest absolute Gasteiger partial charge is 0.137 e. The van der Waals surface area contributed by atoms with Gasteiger partial charge in [0.1, 0.15) is 11.2 Å². The Balaban J connectivity index is 1.08. The van der Waals surface area contributed by atoms with Crippen molar-refractivity contribution in [3.8, 4) is 33.4 Å². The van der Waals surface area contributed by atoms with E-state index in [1.54, 1.807) is 0 Å². The minimum absolute atomic E-state index is 0.861. The minimum atomic E-state index is 0.861. The van der Waals surface area contributed by atoms with Gasteiger partial charge in [0.15, 0.2) is 0 Å². The van der Waals surface area contributed by atoms with Gasteiger partial charge in [0, 0.05) is 31.2 Å². The van der Waals surface area contributed by atoms with E-state index in [0.29, 0.717) is 0 Å². The lowest BCUT2D eigenvalue weighted by Gasteiger charge is -2.28. The molecule has 2 nitrogen and oxygen atoms in total. The molecule has 0 aliphatic carbocycles. The fourth-order valence-corrected chi connectivity index (χ4v) is 10.3. The van der Waals surface area contributed by atoms with Crippen LogP contribution < -0.4 is 4.90 Å². The molecule has 2 heterocycles. The predicted molar refractivity (Wildman–Crippen MR) is 253 cm³/mol. The van der Waals surface area contributed by atoms with Gasteiger partial charge in [-0.25, -0.2) is 0 Å². The molecule has 2 aromatic heterocycles. The summed E-state index contributed by atoms with van der Waals surface area (Å²) in [6.45, 7) is 0. The molecule has 0 fully saturated rings. The molecule has 276 valence electrons. The Morgan fingerprint density at radius 3 is 1.81 bits per heavy atom. The Labute approximate surface area is 345 Å². The molecular formula is C56H35NOS. The second kappa shape index (κ2) is 13.6. The number of hydrogen-bond donors (Lipinski definition) is 0. The van der Waals surface area contributed by atoms with Crippen molar-refractivity contribution in [3.63, 3.8) is 0 Å². The van der Waals surface area contributed by atoms with Crippen molar-refractivity contribution in [1.29, 1.82) is 0 Å². The van der Waals surface area contributed by atoms with Gasteiger partial charge >= 0.3 is 0 Å². The first-order valence-corrected chi connectivity index (χ1v) is 20.9. The highest BCUT2D eigenvalue weighted by molar-refractivity contribution is 7.26. The number of furan rings is 1. The van der Waals surface area contributed by atoms with E-state index in [9.17, 15) is 0 Å². The second-order valence-corrected chi connectivity index (χ2v) is 16.3. The highest BCUT2D eigenvalue weighted by atomic mass is 32.1. The summed E-state index contributed by atoms with van der Waals surface area (Å²) in [6, 6.07) is 76.9. The largest absolute Gasteiger partial charge is 0.456 e. The SMILES string of the molecule is c1ccc(-c2ccc3c(c2)oc2cccc(N(c4ccc(-c5ccc6c(ccc7ccccc76)c5)cc4)c4ccc(-c5ccccc5)c5sc6ccccc6c45)c23)cc1. The molecule has 0 N–H and O–H groups in total. The van der Waals surface area contributed by atoms with E-state index >= 15 is 0 Å². The van der Waals surface area contributed by atoms with Gasteiger partial charge in [-0.2, -0.15) is 0 Å². The highest BCUT2D eigenvalue weighted by Crippen LogP contribution is 2.50. The van der Waals surface area contributed by atoms with Crippen molar-refractivity contribution in [2.75, 3.05) is 4.90 Å². The molecule has 0 amide bonds. The first-order chi connectivity index (χ1) is 29.2. The van der Waals surface area contributed by atoms with E-state index in [-0.39, 0.29) is 0 Å². The summed E-state index contributed by atoms with van der Waals surface area (Å²) < 4.78 is 9.26. The van der Waals surface area contributed by atoms with Crippen LogP contribution in [0.15, 0.2) is 217 Å². The zero-order chi connectivity index (χ0) is 38.9. The van der Waals surface area contributed by atoms with Crippen molar-refractivity contribution in [3.05, 3.63) is 212 Å². The predicted octanol–water partition coefficient (Wildman–Crippen LogP) is 16.7. The van der Waals surface area contributed by atoms with Crippen LogP contribution in [0.25, 0.3) is 97.0 Å². The zero-order valence-corrected chi connectivity index (χ0v) is 32.8. The van der Waals surface area contributed by atoms with Crippen molar-refractivity contribution in [2.45, 2.75) is 0 Å². The molecule has 0 spiro atoms. The molecule has 0 saturated heterocycles. The maximum absolute atomic E-state index is 6.71. The third-order valence-corrected chi connectivity index (χ3v) is 13.1. The lowest BCUT2D eigenvalue weighted by Crippen LogP contribution is -2.11. The zero-order valence-electron chi connectivity index (χ0n) is 32.0. The highest BCUT2D eigenvalue weighted by Gasteiger charge is 2.24. The van der Waals surface area contributed by atoms with Crippen LogP contribution in [-0.2, 0) is 0 Å². The Bertz CT molecular complexity index is 3550. The van der Waals surface area contributed by atoms with Crippen LogP contribution in [0.1, 0.15) is 0 Å². The van der Waals surface area contributed by atoms with E-state index in [0.717, 1.165) is 44.6 Å². The van der Waals surface area contributed by atoms with E-state index < -0.39 is 0 Å². The van der Waals surface area contributed by atoms with Crippen molar-refractivity contribution in [2.24, 2.45) is 0 Å². The Morgan fingerprint density at radius 1 is 0.356 bits per heavy atom. The van der Waals surface area contributed by atoms with Gasteiger partial charge < -0.3 is 9.32 Å². The molecule has 0 atom stereocenters. The van der Waals surface area contributed by atoms with E-state index in [1.165, 1.54) is 69.5 Å². The van der Waals surface area contributed by atoms with Crippen molar-refractivity contribution in [1.82, 2.24) is 0 Å². The Kier molecular flexibility index (Phi) is 7.75. The molecule has 3 heteroatoms. The number of thiophene rings is 1. The van der Waals surface area contributed by atoms with Crippen LogP contribution in [0.2, 0.25) is 0 Å². The van der Waals surface area contributed by atoms with Gasteiger partial charge in [0.05, 0.1) is 16.8 Å². The average molecular weight is 770 g/mol. The first kappa shape index (κ1) is 33.7. The van der Waals surface area contributed by atoms with Gasteiger partial charge in [-0.05, 0) is 110 Å². The molecule has 0 aliphatic rings. The first-order valence-electron chi connectivity index (χ1n) is 20.1. The molecule has 0 unspecified atom stereocenters. The van der Waals surface area contributed by atoms with Crippen molar-refractivity contribution < 1.29 is 4.42 Å². The summed E-state index contributed by atoms with van der Waals surface area (Å²) in [7, 11) is 0.